The minimum Gasteiger partial charge on any atom is -0.388 e. The van der Waals surface area contributed by atoms with Crippen LogP contribution in [0.5, 0.6) is 0 Å². The van der Waals surface area contributed by atoms with Gasteiger partial charge >= 0.3 is 0 Å². The molecule has 10 heavy (non-hydrogen) atoms. The van der Waals surface area contributed by atoms with Crippen LogP contribution >= 0.6 is 0 Å². The molecule has 3 N–H and O–H groups in total. The molecule has 0 aromatic heterocycles. The zero-order chi connectivity index (χ0) is 7.40. The van der Waals surface area contributed by atoms with Crippen molar-refractivity contribution in [3.05, 3.63) is 0 Å². The van der Waals surface area contributed by atoms with E-state index in [0.717, 1.165) is 18.8 Å². The third kappa shape index (κ3) is 2.38. The number of rotatable bonds is 3. The highest BCUT2D eigenvalue weighted by atomic mass is 14.7. The lowest BCUT2D eigenvalue weighted by Gasteiger charge is -2.05. The number of amidine groups is 1. The molecule has 0 aromatic carbocycles. The van der Waals surface area contributed by atoms with Crippen molar-refractivity contribution in [1.82, 2.24) is 0 Å². The van der Waals surface area contributed by atoms with Gasteiger partial charge in [-0.15, -0.1) is 0 Å². The van der Waals surface area contributed by atoms with Crippen LogP contribution < -0.4 is 5.73 Å². The molecule has 1 rings (SSSR count). The van der Waals surface area contributed by atoms with E-state index >= 15 is 0 Å². The van der Waals surface area contributed by atoms with Gasteiger partial charge in [0.15, 0.2) is 0 Å². The molecular weight excluding hydrogens is 124 g/mol. The largest absolute Gasteiger partial charge is 0.388 e. The van der Waals surface area contributed by atoms with Crippen molar-refractivity contribution in [3.8, 4) is 0 Å². The van der Waals surface area contributed by atoms with Gasteiger partial charge in [0, 0.05) is 6.42 Å². The van der Waals surface area contributed by atoms with Gasteiger partial charge < -0.3 is 5.73 Å². The Morgan fingerprint density at radius 2 is 2.00 bits per heavy atom. The molecule has 1 saturated carbocycles. The van der Waals surface area contributed by atoms with Gasteiger partial charge in [0.05, 0.1) is 5.84 Å². The van der Waals surface area contributed by atoms with Gasteiger partial charge in [-0.1, -0.05) is 25.7 Å². The average molecular weight is 140 g/mol. The van der Waals surface area contributed by atoms with Crippen molar-refractivity contribution in [3.63, 3.8) is 0 Å². The molecule has 2 nitrogen and oxygen atoms in total. The molecule has 0 amide bonds. The Hall–Kier alpha value is -0.530. The van der Waals surface area contributed by atoms with E-state index in [1.165, 1.54) is 25.7 Å². The summed E-state index contributed by atoms with van der Waals surface area (Å²) in [4.78, 5) is 0. The van der Waals surface area contributed by atoms with E-state index in [1.54, 1.807) is 0 Å². The molecule has 0 atom stereocenters. The first-order valence-electron chi connectivity index (χ1n) is 4.12. The molecule has 1 fully saturated rings. The highest BCUT2D eigenvalue weighted by Crippen LogP contribution is 2.28. The Bertz CT molecular complexity index is 114. The fraction of sp³-hybridized carbons (Fsp3) is 0.875. The van der Waals surface area contributed by atoms with Crippen molar-refractivity contribution in [2.45, 2.75) is 38.5 Å². The van der Waals surface area contributed by atoms with Crippen LogP contribution in [-0.2, 0) is 0 Å². The first-order valence-corrected chi connectivity index (χ1v) is 4.12. The smallest absolute Gasteiger partial charge is 0.0905 e. The fourth-order valence-electron chi connectivity index (χ4n) is 1.66. The highest BCUT2D eigenvalue weighted by Gasteiger charge is 2.14. The van der Waals surface area contributed by atoms with Gasteiger partial charge in [-0.05, 0) is 12.3 Å². The van der Waals surface area contributed by atoms with Crippen LogP contribution in [0.4, 0.5) is 0 Å². The van der Waals surface area contributed by atoms with Crippen molar-refractivity contribution >= 4 is 5.84 Å². The quantitative estimate of drug-likeness (QED) is 0.456. The third-order valence-electron chi connectivity index (χ3n) is 2.30. The summed E-state index contributed by atoms with van der Waals surface area (Å²) in [5, 5.41) is 7.04. The molecule has 0 spiro atoms. The van der Waals surface area contributed by atoms with Crippen LogP contribution in [0.2, 0.25) is 0 Å². The summed E-state index contributed by atoms with van der Waals surface area (Å²) in [6.45, 7) is 0. The second-order valence-electron chi connectivity index (χ2n) is 3.21. The van der Waals surface area contributed by atoms with Crippen molar-refractivity contribution < 1.29 is 0 Å². The molecule has 1 aliphatic rings. The predicted molar refractivity (Wildman–Crippen MR) is 43.1 cm³/mol. The average Bonchev–Trinajstić information content (AvgIpc) is 2.34. The van der Waals surface area contributed by atoms with Crippen molar-refractivity contribution in [2.24, 2.45) is 11.7 Å². The zero-order valence-electron chi connectivity index (χ0n) is 6.40. The third-order valence-corrected chi connectivity index (χ3v) is 2.30. The van der Waals surface area contributed by atoms with E-state index in [9.17, 15) is 0 Å². The highest BCUT2D eigenvalue weighted by molar-refractivity contribution is 5.76. The summed E-state index contributed by atoms with van der Waals surface area (Å²) >= 11 is 0. The minimum absolute atomic E-state index is 0.354. The molecule has 0 heterocycles. The van der Waals surface area contributed by atoms with Crippen LogP contribution in [0.3, 0.4) is 0 Å². The first-order chi connectivity index (χ1) is 4.79. The second-order valence-corrected chi connectivity index (χ2v) is 3.21. The lowest BCUT2D eigenvalue weighted by Crippen LogP contribution is -2.10. The topological polar surface area (TPSA) is 49.9 Å². The summed E-state index contributed by atoms with van der Waals surface area (Å²) in [6.07, 6.45) is 7.48. The van der Waals surface area contributed by atoms with E-state index in [-0.39, 0.29) is 0 Å². The van der Waals surface area contributed by atoms with Crippen LogP contribution in [0.25, 0.3) is 0 Å². The molecule has 58 valence electrons. The Balaban J connectivity index is 2.07. The monoisotopic (exact) mass is 140 g/mol. The molecule has 0 bridgehead atoms. The van der Waals surface area contributed by atoms with Crippen molar-refractivity contribution in [2.75, 3.05) is 0 Å². The van der Waals surface area contributed by atoms with Gasteiger partial charge in [0.25, 0.3) is 0 Å². The predicted octanol–water partition coefficient (Wildman–Crippen LogP) is 1.89. The van der Waals surface area contributed by atoms with E-state index in [4.69, 9.17) is 11.1 Å². The van der Waals surface area contributed by atoms with E-state index in [2.05, 4.69) is 0 Å². The Morgan fingerprint density at radius 3 is 2.50 bits per heavy atom. The zero-order valence-corrected chi connectivity index (χ0v) is 6.40. The van der Waals surface area contributed by atoms with Gasteiger partial charge in [-0.3, -0.25) is 5.41 Å². The summed E-state index contributed by atoms with van der Waals surface area (Å²) in [6, 6.07) is 0. The maximum atomic E-state index is 7.04. The van der Waals surface area contributed by atoms with Crippen LogP contribution in [-0.4, -0.2) is 5.84 Å². The molecule has 0 radical (unpaired) electrons. The maximum Gasteiger partial charge on any atom is 0.0905 e. The molecule has 0 aliphatic heterocycles. The number of nitrogens with two attached hydrogens (primary N) is 1. The molecule has 2 heteroatoms. The van der Waals surface area contributed by atoms with Gasteiger partial charge in [0.2, 0.25) is 0 Å². The first kappa shape index (κ1) is 7.58. The van der Waals surface area contributed by atoms with Gasteiger partial charge in [0.1, 0.15) is 0 Å². The molecule has 0 unspecified atom stereocenters. The lowest BCUT2D eigenvalue weighted by molar-refractivity contribution is 0.514. The van der Waals surface area contributed by atoms with E-state index < -0.39 is 0 Å². The summed E-state index contributed by atoms with van der Waals surface area (Å²) in [5.74, 6) is 1.23. The Morgan fingerprint density at radius 1 is 1.40 bits per heavy atom. The Kier molecular flexibility index (Phi) is 2.72. The van der Waals surface area contributed by atoms with E-state index in [0.29, 0.717) is 5.84 Å². The molecule has 0 aromatic rings. The summed E-state index contributed by atoms with van der Waals surface area (Å²) < 4.78 is 0. The number of nitrogens with one attached hydrogen (secondary N) is 1. The second kappa shape index (κ2) is 3.59. The number of hydrogen-bond acceptors (Lipinski definition) is 1. The van der Waals surface area contributed by atoms with E-state index in [1.807, 2.05) is 0 Å². The van der Waals surface area contributed by atoms with Crippen LogP contribution in [0.15, 0.2) is 0 Å². The van der Waals surface area contributed by atoms with Gasteiger partial charge in [-0.25, -0.2) is 0 Å². The van der Waals surface area contributed by atoms with Crippen molar-refractivity contribution in [1.29, 1.82) is 5.41 Å². The SMILES string of the molecule is N=C(N)CCC1CCCC1. The standard InChI is InChI=1S/C8H16N2/c9-8(10)6-5-7-3-1-2-4-7/h7H,1-6H2,(H3,9,10). The fourth-order valence-corrected chi connectivity index (χ4v) is 1.66. The molecule has 0 saturated heterocycles. The van der Waals surface area contributed by atoms with Gasteiger partial charge in [-0.2, -0.15) is 0 Å². The maximum absolute atomic E-state index is 7.04. The van der Waals surface area contributed by atoms with Crippen LogP contribution in [0.1, 0.15) is 38.5 Å². The molecule has 1 aliphatic carbocycles. The van der Waals surface area contributed by atoms with Crippen LogP contribution in [0, 0.1) is 11.3 Å². The minimum atomic E-state index is 0.354. The summed E-state index contributed by atoms with van der Waals surface area (Å²) in [7, 11) is 0. The lowest BCUT2D eigenvalue weighted by atomic mass is 10.0. The Labute approximate surface area is 62.3 Å². The normalized spacial score (nSPS) is 19.6. The number of hydrogen-bond donors (Lipinski definition) is 2. The molecular formula is C8H16N2. The summed E-state index contributed by atoms with van der Waals surface area (Å²) in [5.41, 5.74) is 5.25.